The van der Waals surface area contributed by atoms with Gasteiger partial charge in [-0.2, -0.15) is 5.10 Å². The molecule has 2 rings (SSSR count). The van der Waals surface area contributed by atoms with Gasteiger partial charge in [-0.25, -0.2) is 4.99 Å². The van der Waals surface area contributed by atoms with Crippen LogP contribution < -0.4 is 10.6 Å². The lowest BCUT2D eigenvalue weighted by atomic mass is 10.1. The van der Waals surface area contributed by atoms with Crippen LogP contribution in [0.2, 0.25) is 0 Å². The smallest absolute Gasteiger partial charge is 0.243 e. The van der Waals surface area contributed by atoms with Gasteiger partial charge in [-0.3, -0.25) is 9.48 Å². The summed E-state index contributed by atoms with van der Waals surface area (Å²) in [6.07, 6.45) is 8.27. The molecule has 1 fully saturated rings. The second-order valence-corrected chi connectivity index (χ2v) is 6.37. The van der Waals surface area contributed by atoms with Crippen molar-refractivity contribution in [2.75, 3.05) is 40.3 Å². The van der Waals surface area contributed by atoms with Crippen molar-refractivity contribution in [3.8, 4) is 0 Å². The number of hydrogen-bond donors (Lipinski definition) is 2. The fourth-order valence-corrected chi connectivity index (χ4v) is 2.52. The van der Waals surface area contributed by atoms with Gasteiger partial charge in [0.1, 0.15) is 6.54 Å². The summed E-state index contributed by atoms with van der Waals surface area (Å²) in [6.45, 7) is 3.27. The molecule has 0 saturated carbocycles. The third-order valence-electron chi connectivity index (χ3n) is 4.06. The fraction of sp³-hybridized carbons (Fsp3) is 0.706. The number of carbonyl (C=O) groups is 1. The second-order valence-electron chi connectivity index (χ2n) is 6.37. The first-order chi connectivity index (χ1) is 12.1. The average Bonchev–Trinajstić information content (AvgIpc) is 3.14. The van der Waals surface area contributed by atoms with Crippen molar-refractivity contribution < 1.29 is 9.53 Å². The molecule has 0 spiro atoms. The number of ether oxygens (including phenoxy) is 1. The van der Waals surface area contributed by atoms with Crippen molar-refractivity contribution in [2.45, 2.75) is 38.3 Å². The molecule has 0 aliphatic carbocycles. The van der Waals surface area contributed by atoms with Crippen LogP contribution in [0.5, 0.6) is 0 Å². The van der Waals surface area contributed by atoms with Gasteiger partial charge in [-0.1, -0.05) is 0 Å². The van der Waals surface area contributed by atoms with Crippen LogP contribution in [0.4, 0.5) is 0 Å². The predicted octanol–water partition coefficient (Wildman–Crippen LogP) is 0.466. The standard InChI is InChI=1S/C17H30N6O2/c1-22(2)16(24)14-20-17(19-13-15-7-3-4-12-25-15)18-8-5-10-23-11-6-9-21-23/h6,9,11,15H,3-5,7-8,10,12-14H2,1-2H3,(H2,18,19,20). The fourth-order valence-electron chi connectivity index (χ4n) is 2.52. The van der Waals surface area contributed by atoms with Gasteiger partial charge in [-0.05, 0) is 31.7 Å². The zero-order valence-corrected chi connectivity index (χ0v) is 15.3. The van der Waals surface area contributed by atoms with Crippen LogP contribution in [-0.2, 0) is 16.1 Å². The Balaban J connectivity index is 1.77. The minimum Gasteiger partial charge on any atom is -0.376 e. The molecule has 1 atom stereocenters. The Hall–Kier alpha value is -2.09. The molecule has 1 aliphatic rings. The molecule has 0 aromatic carbocycles. The number of likely N-dealkylation sites (N-methyl/N-ethyl adjacent to an activating group) is 1. The number of nitrogens with zero attached hydrogens (tertiary/aromatic N) is 4. The molecular formula is C17H30N6O2. The van der Waals surface area contributed by atoms with E-state index in [2.05, 4.69) is 20.7 Å². The van der Waals surface area contributed by atoms with Crippen LogP contribution in [0.25, 0.3) is 0 Å². The number of hydrogen-bond acceptors (Lipinski definition) is 4. The Labute approximate surface area is 149 Å². The van der Waals surface area contributed by atoms with Crippen molar-refractivity contribution in [3.05, 3.63) is 18.5 Å². The summed E-state index contributed by atoms with van der Waals surface area (Å²) in [5.41, 5.74) is 0. The molecule has 0 bridgehead atoms. The molecule has 1 amide bonds. The first-order valence-electron chi connectivity index (χ1n) is 8.96. The van der Waals surface area contributed by atoms with Crippen molar-refractivity contribution in [1.29, 1.82) is 0 Å². The summed E-state index contributed by atoms with van der Waals surface area (Å²) in [7, 11) is 3.47. The minimum atomic E-state index is -0.0217. The Morgan fingerprint density at radius 3 is 2.96 bits per heavy atom. The highest BCUT2D eigenvalue weighted by Gasteiger charge is 2.14. The topological polar surface area (TPSA) is 83.8 Å². The van der Waals surface area contributed by atoms with Crippen molar-refractivity contribution in [2.24, 2.45) is 4.99 Å². The van der Waals surface area contributed by atoms with Crippen LogP contribution in [0, 0.1) is 0 Å². The molecular weight excluding hydrogens is 320 g/mol. The van der Waals surface area contributed by atoms with Crippen LogP contribution in [0.15, 0.2) is 23.5 Å². The van der Waals surface area contributed by atoms with Crippen LogP contribution in [-0.4, -0.2) is 73.0 Å². The summed E-state index contributed by atoms with van der Waals surface area (Å²) in [5, 5.41) is 10.8. The molecule has 0 radical (unpaired) electrons. The van der Waals surface area contributed by atoms with Gasteiger partial charge < -0.3 is 20.3 Å². The molecule has 2 heterocycles. The Morgan fingerprint density at radius 2 is 2.28 bits per heavy atom. The lowest BCUT2D eigenvalue weighted by Gasteiger charge is -2.24. The van der Waals surface area contributed by atoms with E-state index in [1.165, 1.54) is 6.42 Å². The monoisotopic (exact) mass is 350 g/mol. The van der Waals surface area contributed by atoms with E-state index in [-0.39, 0.29) is 18.6 Å². The van der Waals surface area contributed by atoms with Gasteiger partial charge in [0.25, 0.3) is 0 Å². The van der Waals surface area contributed by atoms with Crippen LogP contribution >= 0.6 is 0 Å². The third-order valence-corrected chi connectivity index (χ3v) is 4.06. The van der Waals surface area contributed by atoms with E-state index in [0.717, 1.165) is 39.0 Å². The summed E-state index contributed by atoms with van der Waals surface area (Å²) in [6, 6.07) is 1.92. The summed E-state index contributed by atoms with van der Waals surface area (Å²) < 4.78 is 7.63. The summed E-state index contributed by atoms with van der Waals surface area (Å²) in [4.78, 5) is 17.7. The largest absolute Gasteiger partial charge is 0.376 e. The number of aryl methyl sites for hydroxylation is 1. The predicted molar refractivity (Wildman–Crippen MR) is 97.4 cm³/mol. The number of amides is 1. The molecule has 1 saturated heterocycles. The molecule has 2 N–H and O–H groups in total. The Morgan fingerprint density at radius 1 is 1.40 bits per heavy atom. The normalized spacial score (nSPS) is 18.0. The summed E-state index contributed by atoms with van der Waals surface area (Å²) in [5.74, 6) is 0.636. The van der Waals surface area contributed by atoms with Gasteiger partial charge in [0.2, 0.25) is 5.91 Å². The molecule has 1 unspecified atom stereocenters. The van der Waals surface area contributed by atoms with Crippen LogP contribution in [0.3, 0.4) is 0 Å². The number of aromatic nitrogens is 2. The van der Waals surface area contributed by atoms with Crippen molar-refractivity contribution in [1.82, 2.24) is 25.3 Å². The van der Waals surface area contributed by atoms with Gasteiger partial charge in [0, 0.05) is 52.7 Å². The average molecular weight is 350 g/mol. The highest BCUT2D eigenvalue weighted by atomic mass is 16.5. The van der Waals surface area contributed by atoms with E-state index >= 15 is 0 Å². The highest BCUT2D eigenvalue weighted by molar-refractivity contribution is 5.84. The lowest BCUT2D eigenvalue weighted by Crippen LogP contribution is -2.43. The number of rotatable bonds is 8. The Kier molecular flexibility index (Phi) is 8.24. The minimum absolute atomic E-state index is 0.0217. The lowest BCUT2D eigenvalue weighted by molar-refractivity contribution is -0.127. The van der Waals surface area contributed by atoms with Gasteiger partial charge in [-0.15, -0.1) is 0 Å². The van der Waals surface area contributed by atoms with Crippen molar-refractivity contribution in [3.63, 3.8) is 0 Å². The SMILES string of the molecule is CN(C)C(=O)CN=C(NCCCn1cccn1)NCC1CCCCO1. The maximum absolute atomic E-state index is 11.8. The molecule has 1 aromatic heterocycles. The van der Waals surface area contributed by atoms with E-state index in [0.29, 0.717) is 12.5 Å². The number of carbonyl (C=O) groups excluding carboxylic acids is 1. The maximum atomic E-state index is 11.8. The zero-order valence-electron chi connectivity index (χ0n) is 15.3. The van der Waals surface area contributed by atoms with Crippen LogP contribution in [0.1, 0.15) is 25.7 Å². The quantitative estimate of drug-likeness (QED) is 0.404. The number of aliphatic imine (C=N–C) groups is 1. The highest BCUT2D eigenvalue weighted by Crippen LogP contribution is 2.11. The molecule has 8 nitrogen and oxygen atoms in total. The van der Waals surface area contributed by atoms with E-state index in [1.807, 2.05) is 16.9 Å². The number of guanidine groups is 1. The zero-order chi connectivity index (χ0) is 17.9. The van der Waals surface area contributed by atoms with E-state index in [1.54, 1.807) is 25.2 Å². The maximum Gasteiger partial charge on any atom is 0.243 e. The van der Waals surface area contributed by atoms with E-state index in [9.17, 15) is 4.79 Å². The molecule has 25 heavy (non-hydrogen) atoms. The first kappa shape index (κ1) is 19.2. The molecule has 8 heteroatoms. The third kappa shape index (κ3) is 7.55. The molecule has 1 aromatic rings. The summed E-state index contributed by atoms with van der Waals surface area (Å²) >= 11 is 0. The molecule has 140 valence electrons. The second kappa shape index (κ2) is 10.7. The van der Waals surface area contributed by atoms with E-state index < -0.39 is 0 Å². The van der Waals surface area contributed by atoms with Gasteiger partial charge in [0.05, 0.1) is 6.10 Å². The Bertz CT molecular complexity index is 523. The van der Waals surface area contributed by atoms with Gasteiger partial charge >= 0.3 is 0 Å². The van der Waals surface area contributed by atoms with Crippen molar-refractivity contribution >= 4 is 11.9 Å². The van der Waals surface area contributed by atoms with E-state index in [4.69, 9.17) is 4.74 Å². The van der Waals surface area contributed by atoms with Gasteiger partial charge in [0.15, 0.2) is 5.96 Å². The molecule has 1 aliphatic heterocycles. The first-order valence-corrected chi connectivity index (χ1v) is 8.96. The number of nitrogens with one attached hydrogen (secondary N) is 2.